The van der Waals surface area contributed by atoms with E-state index in [1.54, 1.807) is 23.0 Å². The van der Waals surface area contributed by atoms with Gasteiger partial charge in [0.05, 0.1) is 27.3 Å². The van der Waals surface area contributed by atoms with Gasteiger partial charge in [0.1, 0.15) is 11.5 Å². The predicted octanol–water partition coefficient (Wildman–Crippen LogP) is 6.34. The fraction of sp³-hybridized carbons (Fsp3) is 0.333. The molecule has 8 nitrogen and oxygen atoms in total. The molecular formula is C27H23Cl2N5O3. The molecular weight excluding hydrogens is 513 g/mol. The zero-order chi connectivity index (χ0) is 25.3. The number of allylic oxidation sites excluding steroid dienone is 2. The Morgan fingerprint density at radius 3 is 2.51 bits per heavy atom. The Hall–Kier alpha value is -3.36. The van der Waals surface area contributed by atoms with Crippen LogP contribution in [0.2, 0.25) is 10.0 Å². The minimum absolute atomic E-state index is 0.125. The molecule has 1 N–H and O–H groups in total. The highest BCUT2D eigenvalue weighted by atomic mass is 35.5. The van der Waals surface area contributed by atoms with E-state index in [1.807, 2.05) is 18.2 Å². The van der Waals surface area contributed by atoms with Crippen LogP contribution in [0.25, 0.3) is 22.3 Å². The third-order valence-corrected chi connectivity index (χ3v) is 8.52. The van der Waals surface area contributed by atoms with Gasteiger partial charge in [-0.2, -0.15) is 0 Å². The molecule has 10 heteroatoms. The smallest absolute Gasteiger partial charge is 0.338 e. The molecule has 0 atom stereocenters. The molecule has 1 aromatic carbocycles. The van der Waals surface area contributed by atoms with Crippen molar-refractivity contribution in [1.82, 2.24) is 19.8 Å². The van der Waals surface area contributed by atoms with Crippen molar-refractivity contribution in [2.75, 3.05) is 18.0 Å². The van der Waals surface area contributed by atoms with Crippen molar-refractivity contribution in [3.8, 4) is 11.3 Å². The summed E-state index contributed by atoms with van der Waals surface area (Å²) in [6.07, 6.45) is 10.8. The molecule has 37 heavy (non-hydrogen) atoms. The Morgan fingerprint density at radius 1 is 1.11 bits per heavy atom. The molecule has 4 heterocycles. The number of carboxylic acid groups (broad SMARTS) is 1. The highest BCUT2D eigenvalue weighted by Gasteiger charge is 2.44. The first kappa shape index (κ1) is 22.8. The highest BCUT2D eigenvalue weighted by molar-refractivity contribution is 6.39. The first-order chi connectivity index (χ1) is 17.9. The molecule has 3 aliphatic rings. The number of piperidine rings is 1. The molecule has 188 valence electrons. The number of nitrogens with zero attached hydrogens (tertiary/aromatic N) is 5. The number of carboxylic acids is 1. The normalized spacial score (nSPS) is 18.8. The summed E-state index contributed by atoms with van der Waals surface area (Å²) >= 11 is 13.1. The molecule has 2 aliphatic carbocycles. The number of aromatic nitrogens is 4. The van der Waals surface area contributed by atoms with E-state index in [9.17, 15) is 9.90 Å². The van der Waals surface area contributed by atoms with Gasteiger partial charge in [-0.05, 0) is 61.3 Å². The standard InChI is InChI=1S/C27H23Cl2N5O3/c28-18-2-1-3-19(29)22(18)23-21(24(37-32-23)15-4-5-15)16-12-27(13-16)7-10-33(11-8-27)26-30-14-20-17(25(35)36)6-9-34(20)31-26/h1-3,6,9,12,14-15H,4-5,7-8,10-11,13H2,(H,35,36). The maximum Gasteiger partial charge on any atom is 0.338 e. The van der Waals surface area contributed by atoms with Crippen LogP contribution in [0, 0.1) is 5.41 Å². The molecule has 1 saturated heterocycles. The van der Waals surface area contributed by atoms with Gasteiger partial charge in [0.25, 0.3) is 0 Å². The lowest BCUT2D eigenvalue weighted by Crippen LogP contribution is -2.43. The first-order valence-electron chi connectivity index (χ1n) is 12.4. The molecule has 0 radical (unpaired) electrons. The van der Waals surface area contributed by atoms with E-state index in [2.05, 4.69) is 26.2 Å². The van der Waals surface area contributed by atoms with E-state index >= 15 is 0 Å². The quantitative estimate of drug-likeness (QED) is 0.318. The summed E-state index contributed by atoms with van der Waals surface area (Å²) in [4.78, 5) is 18.0. The number of aromatic carboxylic acids is 1. The zero-order valence-corrected chi connectivity index (χ0v) is 21.3. The van der Waals surface area contributed by atoms with Gasteiger partial charge in [-0.15, -0.1) is 5.10 Å². The number of fused-ring (bicyclic) bond motifs is 1. The van der Waals surface area contributed by atoms with E-state index < -0.39 is 5.97 Å². The average Bonchev–Trinajstić information content (AvgIpc) is 3.48. The second-order valence-electron chi connectivity index (χ2n) is 10.3. The number of benzene rings is 1. The second kappa shape index (κ2) is 8.33. The van der Waals surface area contributed by atoms with Crippen molar-refractivity contribution in [3.63, 3.8) is 0 Å². The van der Waals surface area contributed by atoms with Crippen LogP contribution >= 0.6 is 23.2 Å². The van der Waals surface area contributed by atoms with Crippen LogP contribution in [-0.2, 0) is 0 Å². The Labute approximate surface area is 222 Å². The topological polar surface area (TPSA) is 96.8 Å². The number of hydrogen-bond donors (Lipinski definition) is 1. The molecule has 0 bridgehead atoms. The molecule has 1 saturated carbocycles. The Bertz CT molecular complexity index is 1570. The predicted molar refractivity (Wildman–Crippen MR) is 140 cm³/mol. The molecule has 1 spiro atoms. The first-order valence-corrected chi connectivity index (χ1v) is 13.2. The number of carbonyl (C=O) groups is 1. The van der Waals surface area contributed by atoms with Gasteiger partial charge in [0.2, 0.25) is 5.95 Å². The summed E-state index contributed by atoms with van der Waals surface area (Å²) in [6, 6.07) is 7.05. The average molecular weight is 536 g/mol. The molecule has 1 aliphatic heterocycles. The van der Waals surface area contributed by atoms with Crippen LogP contribution in [0.1, 0.15) is 59.7 Å². The summed E-state index contributed by atoms with van der Waals surface area (Å²) in [5.41, 5.74) is 4.62. The van der Waals surface area contributed by atoms with Gasteiger partial charge < -0.3 is 14.5 Å². The van der Waals surface area contributed by atoms with Crippen LogP contribution in [0.4, 0.5) is 5.95 Å². The minimum atomic E-state index is -0.982. The SMILES string of the molecule is O=C(O)c1ccn2nc(N3CCC4(C=C(c5c(-c6c(Cl)cccc6Cl)noc5C5CC5)C4)CC3)ncc12. The van der Waals surface area contributed by atoms with Gasteiger partial charge in [0, 0.05) is 36.3 Å². The van der Waals surface area contributed by atoms with Gasteiger partial charge in [-0.3, -0.25) is 0 Å². The van der Waals surface area contributed by atoms with E-state index in [-0.39, 0.29) is 11.0 Å². The molecule has 0 amide bonds. The lowest BCUT2D eigenvalue weighted by molar-refractivity contribution is 0.0699. The van der Waals surface area contributed by atoms with Crippen molar-refractivity contribution in [2.24, 2.45) is 5.41 Å². The second-order valence-corrected chi connectivity index (χ2v) is 11.1. The fourth-order valence-electron chi connectivity index (χ4n) is 5.70. The number of halogens is 2. The van der Waals surface area contributed by atoms with Crippen molar-refractivity contribution in [3.05, 3.63) is 69.7 Å². The Morgan fingerprint density at radius 2 is 1.84 bits per heavy atom. The molecule has 3 aromatic heterocycles. The summed E-state index contributed by atoms with van der Waals surface area (Å²) in [5.74, 6) is 1.01. The lowest BCUT2D eigenvalue weighted by atomic mass is 9.63. The number of anilines is 1. The lowest BCUT2D eigenvalue weighted by Gasteiger charge is -2.46. The van der Waals surface area contributed by atoms with Gasteiger partial charge in [-0.25, -0.2) is 14.3 Å². The maximum absolute atomic E-state index is 11.4. The summed E-state index contributed by atoms with van der Waals surface area (Å²) < 4.78 is 7.46. The van der Waals surface area contributed by atoms with Gasteiger partial charge in [-0.1, -0.05) is 40.5 Å². The third kappa shape index (κ3) is 3.73. The number of rotatable bonds is 5. The maximum atomic E-state index is 11.4. The monoisotopic (exact) mass is 535 g/mol. The minimum Gasteiger partial charge on any atom is -0.478 e. The van der Waals surface area contributed by atoms with Crippen molar-refractivity contribution < 1.29 is 14.4 Å². The molecule has 4 aromatic rings. The van der Waals surface area contributed by atoms with Gasteiger partial charge in [0.15, 0.2) is 0 Å². The largest absolute Gasteiger partial charge is 0.478 e. The summed E-state index contributed by atoms with van der Waals surface area (Å²) in [5, 5.41) is 19.5. The zero-order valence-electron chi connectivity index (χ0n) is 19.8. The Kier molecular flexibility index (Phi) is 5.13. The Balaban J connectivity index is 1.14. The van der Waals surface area contributed by atoms with Crippen LogP contribution in [-0.4, -0.2) is 43.9 Å². The van der Waals surface area contributed by atoms with E-state index in [0.717, 1.165) is 67.8 Å². The summed E-state index contributed by atoms with van der Waals surface area (Å²) in [6.45, 7) is 1.65. The van der Waals surface area contributed by atoms with E-state index in [0.29, 0.717) is 27.4 Å². The highest BCUT2D eigenvalue weighted by Crippen LogP contribution is 2.56. The fourth-order valence-corrected chi connectivity index (χ4v) is 6.28. The van der Waals surface area contributed by atoms with Crippen LogP contribution in [0.5, 0.6) is 0 Å². The molecule has 7 rings (SSSR count). The van der Waals surface area contributed by atoms with Crippen LogP contribution < -0.4 is 4.90 Å². The summed E-state index contributed by atoms with van der Waals surface area (Å²) in [7, 11) is 0. The number of hydrogen-bond acceptors (Lipinski definition) is 6. The van der Waals surface area contributed by atoms with Crippen LogP contribution in [0.15, 0.2) is 47.3 Å². The van der Waals surface area contributed by atoms with Crippen molar-refractivity contribution >= 4 is 46.2 Å². The molecule has 0 unspecified atom stereocenters. The third-order valence-electron chi connectivity index (χ3n) is 7.89. The van der Waals surface area contributed by atoms with Crippen LogP contribution in [0.3, 0.4) is 0 Å². The van der Waals surface area contributed by atoms with Gasteiger partial charge >= 0.3 is 5.97 Å². The molecule has 2 fully saturated rings. The van der Waals surface area contributed by atoms with Crippen molar-refractivity contribution in [2.45, 2.75) is 38.0 Å². The van der Waals surface area contributed by atoms with E-state index in [1.165, 1.54) is 5.57 Å². The van der Waals surface area contributed by atoms with E-state index in [4.69, 9.17) is 27.7 Å². The van der Waals surface area contributed by atoms with Crippen molar-refractivity contribution in [1.29, 1.82) is 0 Å².